The van der Waals surface area contributed by atoms with Crippen molar-refractivity contribution in [3.05, 3.63) is 23.9 Å². The molecule has 1 atom stereocenters. The highest BCUT2D eigenvalue weighted by atomic mass is 127. The molecule has 1 saturated heterocycles. The monoisotopic (exact) mass is 514 g/mol. The molecule has 0 aromatic carbocycles. The van der Waals surface area contributed by atoms with Crippen molar-refractivity contribution in [3.63, 3.8) is 0 Å². The highest BCUT2D eigenvalue weighted by Gasteiger charge is 2.34. The second-order valence-electron chi connectivity index (χ2n) is 6.60. The zero-order valence-corrected chi connectivity index (χ0v) is 18.9. The molecule has 28 heavy (non-hydrogen) atoms. The summed E-state index contributed by atoms with van der Waals surface area (Å²) >= 11 is 0. The van der Waals surface area contributed by atoms with Gasteiger partial charge in [0.1, 0.15) is 5.82 Å². The predicted octanol–water partition coefficient (Wildman–Crippen LogP) is 2.85. The summed E-state index contributed by atoms with van der Waals surface area (Å²) in [6.45, 7) is 6.48. The van der Waals surface area contributed by atoms with Gasteiger partial charge in [-0.2, -0.15) is 13.2 Å². The Hall–Kier alpha value is -1.30. The van der Waals surface area contributed by atoms with Crippen molar-refractivity contribution in [2.24, 2.45) is 4.99 Å². The van der Waals surface area contributed by atoms with E-state index in [0.717, 1.165) is 24.5 Å². The average molecular weight is 514 g/mol. The quantitative estimate of drug-likeness (QED) is 0.333. The zero-order chi connectivity index (χ0) is 19.9. The van der Waals surface area contributed by atoms with E-state index in [1.165, 1.54) is 4.90 Å². The number of alkyl halides is 3. The van der Waals surface area contributed by atoms with E-state index < -0.39 is 12.7 Å². The third-order valence-electron chi connectivity index (χ3n) is 4.60. The van der Waals surface area contributed by atoms with Crippen LogP contribution < -0.4 is 15.5 Å². The van der Waals surface area contributed by atoms with Gasteiger partial charge in [-0.3, -0.25) is 9.89 Å². The molecular weight excluding hydrogens is 484 g/mol. The van der Waals surface area contributed by atoms with Gasteiger partial charge in [0, 0.05) is 52.0 Å². The van der Waals surface area contributed by atoms with Crippen molar-refractivity contribution in [1.82, 2.24) is 20.5 Å². The number of guanidine groups is 1. The molecule has 1 unspecified atom stereocenters. The van der Waals surface area contributed by atoms with Crippen LogP contribution in [0, 0.1) is 0 Å². The maximum Gasteiger partial charge on any atom is 0.401 e. The minimum Gasteiger partial charge on any atom is -0.357 e. The van der Waals surface area contributed by atoms with Crippen molar-refractivity contribution in [2.45, 2.75) is 39.0 Å². The van der Waals surface area contributed by atoms with Crippen molar-refractivity contribution in [2.75, 3.05) is 44.7 Å². The lowest BCUT2D eigenvalue weighted by Crippen LogP contribution is -2.44. The molecule has 10 heteroatoms. The Morgan fingerprint density at radius 1 is 1.32 bits per heavy atom. The van der Waals surface area contributed by atoms with Crippen LogP contribution in [0.25, 0.3) is 0 Å². The van der Waals surface area contributed by atoms with Crippen molar-refractivity contribution < 1.29 is 13.2 Å². The topological polar surface area (TPSA) is 55.8 Å². The highest BCUT2D eigenvalue weighted by Crippen LogP contribution is 2.20. The number of likely N-dealkylation sites (tertiary alicyclic amines) is 1. The van der Waals surface area contributed by atoms with Crippen LogP contribution in [-0.4, -0.2) is 67.8 Å². The van der Waals surface area contributed by atoms with Gasteiger partial charge in [0.15, 0.2) is 5.96 Å². The average Bonchev–Trinajstić information content (AvgIpc) is 3.05. The highest BCUT2D eigenvalue weighted by molar-refractivity contribution is 14.0. The number of nitrogens with zero attached hydrogens (tertiary/aromatic N) is 4. The molecule has 2 heterocycles. The first-order valence-corrected chi connectivity index (χ1v) is 9.30. The van der Waals surface area contributed by atoms with Crippen LogP contribution >= 0.6 is 24.0 Å². The zero-order valence-electron chi connectivity index (χ0n) is 16.6. The van der Waals surface area contributed by atoms with E-state index in [1.54, 1.807) is 7.05 Å². The van der Waals surface area contributed by atoms with Gasteiger partial charge >= 0.3 is 6.18 Å². The van der Waals surface area contributed by atoms with E-state index in [1.807, 2.05) is 18.3 Å². The van der Waals surface area contributed by atoms with Crippen molar-refractivity contribution in [1.29, 1.82) is 0 Å². The largest absolute Gasteiger partial charge is 0.401 e. The normalized spacial score (nSPS) is 17.9. The van der Waals surface area contributed by atoms with E-state index in [-0.39, 0.29) is 30.0 Å². The van der Waals surface area contributed by atoms with E-state index in [4.69, 9.17) is 0 Å². The molecule has 6 nitrogen and oxygen atoms in total. The number of aliphatic imine (C=N–C) groups is 1. The molecule has 1 fully saturated rings. The molecule has 2 N–H and O–H groups in total. The summed E-state index contributed by atoms with van der Waals surface area (Å²) in [6, 6.07) is 3.97. The number of nitrogens with one attached hydrogen (secondary N) is 2. The van der Waals surface area contributed by atoms with E-state index in [2.05, 4.69) is 39.4 Å². The fraction of sp³-hybridized carbons (Fsp3) is 0.667. The minimum absolute atomic E-state index is 0. The Morgan fingerprint density at radius 2 is 2.04 bits per heavy atom. The van der Waals surface area contributed by atoms with Crippen LogP contribution in [0.2, 0.25) is 0 Å². The molecule has 1 aromatic rings. The van der Waals surface area contributed by atoms with Gasteiger partial charge in [-0.25, -0.2) is 4.98 Å². The third kappa shape index (κ3) is 7.98. The summed E-state index contributed by atoms with van der Waals surface area (Å²) < 4.78 is 37.5. The summed E-state index contributed by atoms with van der Waals surface area (Å²) in [7, 11) is 1.65. The molecule has 0 amide bonds. The molecule has 1 aliphatic heterocycles. The fourth-order valence-corrected chi connectivity index (χ4v) is 3.18. The summed E-state index contributed by atoms with van der Waals surface area (Å²) in [5, 5.41) is 6.40. The Labute approximate surface area is 182 Å². The molecule has 0 spiro atoms. The van der Waals surface area contributed by atoms with Gasteiger partial charge in [-0.1, -0.05) is 6.07 Å². The molecule has 1 aromatic heterocycles. The predicted molar refractivity (Wildman–Crippen MR) is 117 cm³/mol. The molecule has 0 bridgehead atoms. The Kier molecular flexibility index (Phi) is 10.3. The number of halogens is 4. The summed E-state index contributed by atoms with van der Waals surface area (Å²) in [5.74, 6) is 1.53. The van der Waals surface area contributed by atoms with Gasteiger partial charge in [0.25, 0.3) is 0 Å². The van der Waals surface area contributed by atoms with Gasteiger partial charge in [-0.05, 0) is 31.9 Å². The molecule has 0 radical (unpaired) electrons. The number of pyridine rings is 1. The fourth-order valence-electron chi connectivity index (χ4n) is 3.18. The van der Waals surface area contributed by atoms with Crippen LogP contribution in [0.1, 0.15) is 25.8 Å². The van der Waals surface area contributed by atoms with Crippen LogP contribution in [0.3, 0.4) is 0 Å². The lowest BCUT2D eigenvalue weighted by molar-refractivity contribution is -0.143. The first-order chi connectivity index (χ1) is 12.8. The molecular formula is C18H30F3IN6. The Morgan fingerprint density at radius 3 is 2.57 bits per heavy atom. The molecule has 0 saturated carbocycles. The second kappa shape index (κ2) is 11.6. The van der Waals surface area contributed by atoms with Gasteiger partial charge in [-0.15, -0.1) is 24.0 Å². The number of anilines is 1. The summed E-state index contributed by atoms with van der Waals surface area (Å²) in [6.07, 6.45) is -1.66. The van der Waals surface area contributed by atoms with Gasteiger partial charge < -0.3 is 15.5 Å². The lowest BCUT2D eigenvalue weighted by Gasteiger charge is -2.20. The maximum atomic E-state index is 12.5. The Bertz CT molecular complexity index is 604. The van der Waals surface area contributed by atoms with E-state index in [0.29, 0.717) is 32.0 Å². The number of aromatic nitrogens is 1. The minimum atomic E-state index is -4.15. The third-order valence-corrected chi connectivity index (χ3v) is 4.60. The SMILES string of the molecule is CCN(CC)c1ccc(CNC(=NC)NC2CCN(CC(F)(F)F)C2)cn1.I. The van der Waals surface area contributed by atoms with Crippen molar-refractivity contribution in [3.8, 4) is 0 Å². The van der Waals surface area contributed by atoms with Crippen LogP contribution in [0.4, 0.5) is 19.0 Å². The molecule has 0 aliphatic carbocycles. The van der Waals surface area contributed by atoms with Crippen LogP contribution in [-0.2, 0) is 6.54 Å². The Balaban J connectivity index is 0.00000392. The molecule has 1 aliphatic rings. The maximum absolute atomic E-state index is 12.5. The van der Waals surface area contributed by atoms with E-state index in [9.17, 15) is 13.2 Å². The lowest BCUT2D eigenvalue weighted by atomic mass is 10.2. The smallest absolute Gasteiger partial charge is 0.357 e. The van der Waals surface area contributed by atoms with E-state index >= 15 is 0 Å². The van der Waals surface area contributed by atoms with Crippen LogP contribution in [0.15, 0.2) is 23.3 Å². The first-order valence-electron chi connectivity index (χ1n) is 9.30. The second-order valence-corrected chi connectivity index (χ2v) is 6.60. The standard InChI is InChI=1S/C18H29F3N6.HI/c1-4-27(5-2)16-7-6-14(10-23-16)11-24-17(22-3)25-15-8-9-26(12-15)13-18(19,20)21;/h6-7,10,15H,4-5,8-9,11-13H2,1-3H3,(H2,22,24,25);1H. The first kappa shape index (κ1) is 24.7. The number of hydrogen-bond donors (Lipinski definition) is 2. The summed E-state index contributed by atoms with van der Waals surface area (Å²) in [4.78, 5) is 12.2. The molecule has 2 rings (SSSR count). The molecule has 160 valence electrons. The summed E-state index contributed by atoms with van der Waals surface area (Å²) in [5.41, 5.74) is 1.01. The number of rotatable bonds is 7. The number of hydrogen-bond acceptors (Lipinski definition) is 4. The van der Waals surface area contributed by atoms with Crippen molar-refractivity contribution >= 4 is 35.8 Å². The van der Waals surface area contributed by atoms with Crippen LogP contribution in [0.5, 0.6) is 0 Å². The van der Waals surface area contributed by atoms with Gasteiger partial charge in [0.2, 0.25) is 0 Å². The van der Waals surface area contributed by atoms with Gasteiger partial charge in [0.05, 0.1) is 6.54 Å².